The van der Waals surface area contributed by atoms with Crippen LogP contribution in [0.15, 0.2) is 46.9 Å². The summed E-state index contributed by atoms with van der Waals surface area (Å²) in [5.74, 6) is -0.0545. The quantitative estimate of drug-likeness (QED) is 0.787. The molecule has 0 fully saturated rings. The van der Waals surface area contributed by atoms with Gasteiger partial charge in [0.2, 0.25) is 20.0 Å². The molecular formula is C16H19N3O4S3. The van der Waals surface area contributed by atoms with Gasteiger partial charge in [-0.2, -0.15) is 9.52 Å². The molecular weight excluding hydrogens is 394 g/mol. The Morgan fingerprint density at radius 3 is 2.54 bits per heavy atom. The molecule has 1 aliphatic heterocycles. The largest absolute Gasteiger partial charge is 0.283 e. The van der Waals surface area contributed by atoms with Crippen molar-refractivity contribution in [1.29, 1.82) is 0 Å². The molecule has 0 bridgehead atoms. The van der Waals surface area contributed by atoms with E-state index in [0.717, 1.165) is 15.5 Å². The number of anilines is 1. The summed E-state index contributed by atoms with van der Waals surface area (Å²) in [5, 5.41) is 6.20. The van der Waals surface area contributed by atoms with Gasteiger partial charge < -0.3 is 0 Å². The Hall–Kier alpha value is -1.91. The monoisotopic (exact) mass is 413 g/mol. The lowest BCUT2D eigenvalue weighted by atomic mass is 10.0. The van der Waals surface area contributed by atoms with E-state index < -0.39 is 26.1 Å². The minimum Gasteiger partial charge on any atom is -0.283 e. The summed E-state index contributed by atoms with van der Waals surface area (Å²) in [6, 6.07) is 10.2. The average Bonchev–Trinajstić information content (AvgIpc) is 3.24. The molecule has 1 N–H and O–H groups in total. The molecule has 0 spiro atoms. The van der Waals surface area contributed by atoms with E-state index in [9.17, 15) is 16.8 Å². The van der Waals surface area contributed by atoms with Gasteiger partial charge in [0.15, 0.2) is 0 Å². The van der Waals surface area contributed by atoms with Crippen molar-refractivity contribution in [2.75, 3.05) is 16.7 Å². The standard InChI is InChI=1S/C16H19N3O4S3/c1-3-26(22,23)18-13-8-5-4-7-12(13)14-11-15(16-9-6-10-24-16)19(17-14)25(2,20)21/h4-10,15,18H,3,11H2,1-2H3/t15-/m1/s1. The van der Waals surface area contributed by atoms with Crippen molar-refractivity contribution in [3.63, 3.8) is 0 Å². The topological polar surface area (TPSA) is 95.9 Å². The van der Waals surface area contributed by atoms with Gasteiger partial charge in [-0.15, -0.1) is 11.3 Å². The molecule has 0 aliphatic carbocycles. The summed E-state index contributed by atoms with van der Waals surface area (Å²) in [6.45, 7) is 1.55. The van der Waals surface area contributed by atoms with E-state index in [-0.39, 0.29) is 5.75 Å². The summed E-state index contributed by atoms with van der Waals surface area (Å²) < 4.78 is 51.9. The number of sulfonamides is 2. The van der Waals surface area contributed by atoms with Crippen molar-refractivity contribution in [3.8, 4) is 0 Å². The highest BCUT2D eigenvalue weighted by atomic mass is 32.2. The molecule has 0 amide bonds. The fourth-order valence-corrected chi connectivity index (χ4v) is 5.15. The zero-order chi connectivity index (χ0) is 18.9. The van der Waals surface area contributed by atoms with Crippen molar-refractivity contribution in [3.05, 3.63) is 52.2 Å². The third kappa shape index (κ3) is 3.92. The Bertz CT molecular complexity index is 1030. The maximum absolute atomic E-state index is 12.2. The lowest BCUT2D eigenvalue weighted by molar-refractivity contribution is 0.379. The van der Waals surface area contributed by atoms with Crippen LogP contribution in [0, 0.1) is 0 Å². The second-order valence-electron chi connectivity index (χ2n) is 5.87. The van der Waals surface area contributed by atoms with Crippen LogP contribution in [0.5, 0.6) is 0 Å². The minimum atomic E-state index is -3.56. The first-order chi connectivity index (χ1) is 12.2. The summed E-state index contributed by atoms with van der Waals surface area (Å²) >= 11 is 1.46. The van der Waals surface area contributed by atoms with Crippen LogP contribution in [0.1, 0.15) is 29.8 Å². The lowest BCUT2D eigenvalue weighted by Crippen LogP contribution is -2.25. The average molecular weight is 414 g/mol. The van der Waals surface area contributed by atoms with Crippen LogP contribution in [0.25, 0.3) is 0 Å². The van der Waals surface area contributed by atoms with E-state index in [1.807, 2.05) is 17.5 Å². The number of nitrogens with one attached hydrogen (secondary N) is 1. The van der Waals surface area contributed by atoms with Gasteiger partial charge in [-0.3, -0.25) is 4.72 Å². The predicted molar refractivity (Wildman–Crippen MR) is 104 cm³/mol. The summed E-state index contributed by atoms with van der Waals surface area (Å²) in [4.78, 5) is 0.890. The second-order valence-corrected chi connectivity index (χ2v) is 10.7. The first-order valence-corrected chi connectivity index (χ1v) is 12.3. The Balaban J connectivity index is 2.03. The normalized spacial score (nSPS) is 18.0. The van der Waals surface area contributed by atoms with E-state index in [4.69, 9.17) is 0 Å². The number of rotatable bonds is 6. The summed E-state index contributed by atoms with van der Waals surface area (Å²) in [5.41, 5.74) is 1.51. The highest BCUT2D eigenvalue weighted by Gasteiger charge is 2.35. The molecule has 1 atom stereocenters. The molecule has 0 saturated heterocycles. The van der Waals surface area contributed by atoms with E-state index in [1.165, 1.54) is 11.3 Å². The number of hydrazone groups is 1. The zero-order valence-corrected chi connectivity index (χ0v) is 16.7. The molecule has 1 aromatic carbocycles. The Labute approximate surface area is 157 Å². The number of benzene rings is 1. The van der Waals surface area contributed by atoms with Gasteiger partial charge in [0, 0.05) is 16.9 Å². The van der Waals surface area contributed by atoms with Crippen LogP contribution in [0.2, 0.25) is 0 Å². The molecule has 1 aliphatic rings. The number of nitrogens with zero attached hydrogens (tertiary/aromatic N) is 2. The first kappa shape index (κ1) is 18.9. The fourth-order valence-electron chi connectivity index (χ4n) is 2.71. The summed E-state index contributed by atoms with van der Waals surface area (Å²) in [7, 11) is -7.02. The van der Waals surface area contributed by atoms with E-state index in [0.29, 0.717) is 23.4 Å². The van der Waals surface area contributed by atoms with E-state index in [2.05, 4.69) is 9.82 Å². The maximum atomic E-state index is 12.2. The van der Waals surface area contributed by atoms with Crippen molar-refractivity contribution < 1.29 is 16.8 Å². The van der Waals surface area contributed by atoms with Crippen LogP contribution in [-0.2, 0) is 20.0 Å². The molecule has 2 heterocycles. The molecule has 0 saturated carbocycles. The number of thiophene rings is 1. The Morgan fingerprint density at radius 2 is 1.92 bits per heavy atom. The SMILES string of the molecule is CCS(=O)(=O)Nc1ccccc1C1=NN(S(C)(=O)=O)[C@@H](c2cccs2)C1. The zero-order valence-electron chi connectivity index (χ0n) is 14.3. The first-order valence-electron chi connectivity index (χ1n) is 7.91. The minimum absolute atomic E-state index is 0.0545. The maximum Gasteiger partial charge on any atom is 0.247 e. The third-order valence-corrected chi connectivity index (χ3v) is 7.25. The van der Waals surface area contributed by atoms with Crippen molar-refractivity contribution in [2.24, 2.45) is 5.10 Å². The van der Waals surface area contributed by atoms with Crippen molar-refractivity contribution >= 4 is 42.8 Å². The lowest BCUT2D eigenvalue weighted by Gasteiger charge is -2.19. The smallest absolute Gasteiger partial charge is 0.247 e. The third-order valence-electron chi connectivity index (χ3n) is 3.97. The molecule has 140 valence electrons. The molecule has 1 aromatic heterocycles. The van der Waals surface area contributed by atoms with Gasteiger partial charge in [0.1, 0.15) is 6.04 Å². The molecule has 3 rings (SSSR count). The van der Waals surface area contributed by atoms with Crippen LogP contribution >= 0.6 is 11.3 Å². The predicted octanol–water partition coefficient (Wildman–Crippen LogP) is 2.62. The highest BCUT2D eigenvalue weighted by molar-refractivity contribution is 7.92. The van der Waals surface area contributed by atoms with Crippen LogP contribution in [0.3, 0.4) is 0 Å². The van der Waals surface area contributed by atoms with E-state index >= 15 is 0 Å². The molecule has 0 unspecified atom stereocenters. The molecule has 7 nitrogen and oxygen atoms in total. The second kappa shape index (κ2) is 7.01. The molecule has 26 heavy (non-hydrogen) atoms. The molecule has 2 aromatic rings. The van der Waals surface area contributed by atoms with Crippen LogP contribution < -0.4 is 4.72 Å². The Morgan fingerprint density at radius 1 is 1.19 bits per heavy atom. The Kier molecular flexibility index (Phi) is 5.09. The number of hydrogen-bond donors (Lipinski definition) is 1. The summed E-state index contributed by atoms with van der Waals surface area (Å²) in [6.07, 6.45) is 1.49. The molecule has 10 heteroatoms. The van der Waals surface area contributed by atoms with Gasteiger partial charge in [0.25, 0.3) is 0 Å². The molecule has 0 radical (unpaired) electrons. The van der Waals surface area contributed by atoms with Crippen molar-refractivity contribution in [1.82, 2.24) is 4.41 Å². The fraction of sp³-hybridized carbons (Fsp3) is 0.312. The highest BCUT2D eigenvalue weighted by Crippen LogP contribution is 2.37. The van der Waals surface area contributed by atoms with Gasteiger partial charge in [-0.25, -0.2) is 16.8 Å². The van der Waals surface area contributed by atoms with E-state index in [1.54, 1.807) is 31.2 Å². The van der Waals surface area contributed by atoms with Crippen LogP contribution in [-0.4, -0.2) is 39.0 Å². The van der Waals surface area contributed by atoms with Gasteiger partial charge >= 0.3 is 0 Å². The van der Waals surface area contributed by atoms with Crippen molar-refractivity contribution in [2.45, 2.75) is 19.4 Å². The van der Waals surface area contributed by atoms with Crippen LogP contribution in [0.4, 0.5) is 5.69 Å². The van der Waals surface area contributed by atoms with Gasteiger partial charge in [0.05, 0.1) is 23.4 Å². The number of para-hydroxylation sites is 1. The number of hydrogen-bond acceptors (Lipinski definition) is 6. The van der Waals surface area contributed by atoms with Gasteiger partial charge in [-0.1, -0.05) is 24.3 Å². The van der Waals surface area contributed by atoms with Gasteiger partial charge in [-0.05, 0) is 24.4 Å².